The van der Waals surface area contributed by atoms with Crippen molar-refractivity contribution >= 4 is 0 Å². The standard InChI is InChI=1S/C14H25N3/c1-4-11(2)17-10-9-13(16-17)7-8-14(15-3)12-5-6-12/h9-12,14-15H,4-8H2,1-3H3. The highest BCUT2D eigenvalue weighted by Gasteiger charge is 2.29. The van der Waals surface area contributed by atoms with E-state index in [1.165, 1.54) is 25.0 Å². The summed E-state index contributed by atoms with van der Waals surface area (Å²) in [7, 11) is 2.08. The number of aryl methyl sites for hydroxylation is 1. The van der Waals surface area contributed by atoms with Crippen LogP contribution in [-0.2, 0) is 6.42 Å². The number of hydrogen-bond donors (Lipinski definition) is 1. The number of rotatable bonds is 7. The van der Waals surface area contributed by atoms with Crippen molar-refractivity contribution in [1.29, 1.82) is 0 Å². The van der Waals surface area contributed by atoms with Gasteiger partial charge in [-0.25, -0.2) is 0 Å². The lowest BCUT2D eigenvalue weighted by molar-refractivity contribution is 0.454. The van der Waals surface area contributed by atoms with Crippen LogP contribution in [0.15, 0.2) is 12.3 Å². The Morgan fingerprint density at radius 1 is 1.53 bits per heavy atom. The van der Waals surface area contributed by atoms with Crippen LogP contribution >= 0.6 is 0 Å². The summed E-state index contributed by atoms with van der Waals surface area (Å²) in [6.45, 7) is 4.42. The molecule has 3 heteroatoms. The van der Waals surface area contributed by atoms with Crippen molar-refractivity contribution in [2.75, 3.05) is 7.05 Å². The third-order valence-corrected chi connectivity index (χ3v) is 3.98. The zero-order valence-corrected chi connectivity index (χ0v) is 11.3. The first kappa shape index (κ1) is 12.6. The first-order chi connectivity index (χ1) is 8.24. The average molecular weight is 235 g/mol. The van der Waals surface area contributed by atoms with Crippen molar-refractivity contribution < 1.29 is 0 Å². The summed E-state index contributed by atoms with van der Waals surface area (Å²) < 4.78 is 2.10. The maximum absolute atomic E-state index is 4.66. The lowest BCUT2D eigenvalue weighted by atomic mass is 10.1. The molecule has 3 nitrogen and oxygen atoms in total. The van der Waals surface area contributed by atoms with Gasteiger partial charge in [0.2, 0.25) is 0 Å². The molecule has 1 fully saturated rings. The van der Waals surface area contributed by atoms with E-state index in [1.54, 1.807) is 0 Å². The number of aromatic nitrogens is 2. The molecule has 2 unspecified atom stereocenters. The summed E-state index contributed by atoms with van der Waals surface area (Å²) in [6.07, 6.45) is 8.40. The van der Waals surface area contributed by atoms with Crippen molar-refractivity contribution in [2.45, 2.75) is 58.0 Å². The molecule has 0 saturated heterocycles. The van der Waals surface area contributed by atoms with E-state index in [9.17, 15) is 0 Å². The molecule has 0 aliphatic heterocycles. The van der Waals surface area contributed by atoms with Crippen LogP contribution in [0.1, 0.15) is 51.3 Å². The summed E-state index contributed by atoms with van der Waals surface area (Å²) >= 11 is 0. The van der Waals surface area contributed by atoms with Crippen LogP contribution in [0.3, 0.4) is 0 Å². The molecule has 1 aliphatic rings. The van der Waals surface area contributed by atoms with Crippen molar-refractivity contribution in [1.82, 2.24) is 15.1 Å². The number of hydrogen-bond acceptors (Lipinski definition) is 2. The van der Waals surface area contributed by atoms with Gasteiger partial charge in [0.05, 0.1) is 5.69 Å². The molecule has 1 N–H and O–H groups in total. The summed E-state index contributed by atoms with van der Waals surface area (Å²) in [5, 5.41) is 8.10. The Kier molecular flexibility index (Phi) is 4.21. The average Bonchev–Trinajstić information content (AvgIpc) is 3.07. The van der Waals surface area contributed by atoms with E-state index in [2.05, 4.69) is 48.3 Å². The molecule has 1 aromatic rings. The van der Waals surface area contributed by atoms with Crippen LogP contribution in [0.5, 0.6) is 0 Å². The molecular weight excluding hydrogens is 210 g/mol. The van der Waals surface area contributed by atoms with Crippen molar-refractivity contribution in [3.05, 3.63) is 18.0 Å². The van der Waals surface area contributed by atoms with Crippen molar-refractivity contribution in [3.63, 3.8) is 0 Å². The van der Waals surface area contributed by atoms with E-state index >= 15 is 0 Å². The van der Waals surface area contributed by atoms with E-state index in [0.29, 0.717) is 12.1 Å². The molecule has 0 radical (unpaired) electrons. The molecule has 2 rings (SSSR count). The van der Waals surface area contributed by atoms with Crippen LogP contribution in [0.25, 0.3) is 0 Å². The Bertz CT molecular complexity index is 341. The Labute approximate surface area is 105 Å². The first-order valence-electron chi connectivity index (χ1n) is 6.96. The summed E-state index contributed by atoms with van der Waals surface area (Å²) in [6, 6.07) is 3.39. The number of nitrogens with one attached hydrogen (secondary N) is 1. The molecular formula is C14H25N3. The van der Waals surface area contributed by atoms with E-state index in [0.717, 1.165) is 18.8 Å². The third kappa shape index (κ3) is 3.32. The summed E-state index contributed by atoms with van der Waals surface area (Å²) in [5.41, 5.74) is 1.24. The first-order valence-corrected chi connectivity index (χ1v) is 6.96. The smallest absolute Gasteiger partial charge is 0.0625 e. The minimum Gasteiger partial charge on any atom is -0.317 e. The molecule has 0 aromatic carbocycles. The molecule has 0 amide bonds. The predicted octanol–water partition coefficient (Wildman–Crippen LogP) is 2.78. The van der Waals surface area contributed by atoms with E-state index in [4.69, 9.17) is 0 Å². The zero-order valence-electron chi connectivity index (χ0n) is 11.3. The van der Waals surface area contributed by atoms with Gasteiger partial charge in [-0.2, -0.15) is 5.10 Å². The molecule has 1 aliphatic carbocycles. The maximum atomic E-state index is 4.66. The van der Waals surface area contributed by atoms with E-state index < -0.39 is 0 Å². The van der Waals surface area contributed by atoms with Gasteiger partial charge >= 0.3 is 0 Å². The van der Waals surface area contributed by atoms with Crippen LogP contribution in [0.2, 0.25) is 0 Å². The predicted molar refractivity (Wildman–Crippen MR) is 71.1 cm³/mol. The maximum Gasteiger partial charge on any atom is 0.0625 e. The normalized spacial score (nSPS) is 19.2. The molecule has 1 saturated carbocycles. The lowest BCUT2D eigenvalue weighted by Gasteiger charge is -2.14. The van der Waals surface area contributed by atoms with Crippen LogP contribution < -0.4 is 5.32 Å². The SMILES string of the molecule is CCC(C)n1ccc(CCC(NC)C2CC2)n1. The highest BCUT2D eigenvalue weighted by Crippen LogP contribution is 2.34. The van der Waals surface area contributed by atoms with Gasteiger partial charge in [0.1, 0.15) is 0 Å². The molecule has 17 heavy (non-hydrogen) atoms. The lowest BCUT2D eigenvalue weighted by Crippen LogP contribution is -2.27. The second-order valence-electron chi connectivity index (χ2n) is 5.32. The van der Waals surface area contributed by atoms with Crippen molar-refractivity contribution in [3.8, 4) is 0 Å². The quantitative estimate of drug-likeness (QED) is 0.787. The summed E-state index contributed by atoms with van der Waals surface area (Å²) in [5.74, 6) is 0.927. The highest BCUT2D eigenvalue weighted by atomic mass is 15.3. The fourth-order valence-electron chi connectivity index (χ4n) is 2.36. The fraction of sp³-hybridized carbons (Fsp3) is 0.786. The molecule has 0 spiro atoms. The topological polar surface area (TPSA) is 29.9 Å². The molecule has 1 aromatic heterocycles. The van der Waals surface area contributed by atoms with Crippen LogP contribution in [0, 0.1) is 5.92 Å². The van der Waals surface area contributed by atoms with Gasteiger partial charge in [0, 0.05) is 18.3 Å². The van der Waals surface area contributed by atoms with Gasteiger partial charge in [0.15, 0.2) is 0 Å². The highest BCUT2D eigenvalue weighted by molar-refractivity contribution is 5.01. The number of nitrogens with zero attached hydrogens (tertiary/aromatic N) is 2. The van der Waals surface area contributed by atoms with Gasteiger partial charge < -0.3 is 5.32 Å². The Morgan fingerprint density at radius 2 is 2.29 bits per heavy atom. The largest absolute Gasteiger partial charge is 0.317 e. The van der Waals surface area contributed by atoms with Gasteiger partial charge in [-0.15, -0.1) is 0 Å². The van der Waals surface area contributed by atoms with Gasteiger partial charge in [-0.3, -0.25) is 4.68 Å². The molecule has 96 valence electrons. The third-order valence-electron chi connectivity index (χ3n) is 3.98. The Hall–Kier alpha value is -0.830. The molecule has 2 atom stereocenters. The zero-order chi connectivity index (χ0) is 12.3. The molecule has 1 heterocycles. The summed E-state index contributed by atoms with van der Waals surface area (Å²) in [4.78, 5) is 0. The Balaban J connectivity index is 1.83. The minimum absolute atomic E-state index is 0.521. The van der Waals surface area contributed by atoms with Gasteiger partial charge in [0.25, 0.3) is 0 Å². The van der Waals surface area contributed by atoms with Crippen molar-refractivity contribution in [2.24, 2.45) is 5.92 Å². The second-order valence-corrected chi connectivity index (χ2v) is 5.32. The van der Waals surface area contributed by atoms with E-state index in [1.807, 2.05) is 0 Å². The minimum atomic E-state index is 0.521. The van der Waals surface area contributed by atoms with Gasteiger partial charge in [-0.1, -0.05) is 6.92 Å². The monoisotopic (exact) mass is 235 g/mol. The Morgan fingerprint density at radius 3 is 2.88 bits per heavy atom. The second kappa shape index (κ2) is 5.67. The van der Waals surface area contributed by atoms with Crippen LogP contribution in [-0.4, -0.2) is 22.9 Å². The fourth-order valence-corrected chi connectivity index (χ4v) is 2.36. The molecule has 0 bridgehead atoms. The van der Waals surface area contributed by atoms with Gasteiger partial charge in [-0.05, 0) is 58.1 Å². The van der Waals surface area contributed by atoms with E-state index in [-0.39, 0.29) is 0 Å². The van der Waals surface area contributed by atoms with Crippen LogP contribution in [0.4, 0.5) is 0 Å².